The Morgan fingerprint density at radius 2 is 2.00 bits per heavy atom. The third-order valence-corrected chi connectivity index (χ3v) is 2.34. The van der Waals surface area contributed by atoms with Crippen molar-refractivity contribution >= 4 is 0 Å². The number of rotatable bonds is 3. The van der Waals surface area contributed by atoms with E-state index in [1.54, 1.807) is 12.1 Å². The number of halogens is 1. The van der Waals surface area contributed by atoms with Crippen molar-refractivity contribution in [1.82, 2.24) is 5.32 Å². The molecule has 0 bridgehead atoms. The van der Waals surface area contributed by atoms with Crippen LogP contribution in [0.2, 0.25) is 0 Å². The summed E-state index contributed by atoms with van der Waals surface area (Å²) in [6, 6.07) is 4.78. The normalized spacial score (nSPS) is 13.9. The molecule has 1 unspecified atom stereocenters. The van der Waals surface area contributed by atoms with Gasteiger partial charge >= 0.3 is 0 Å². The first-order chi connectivity index (χ1) is 7.29. The molecule has 2 N–H and O–H groups in total. The van der Waals surface area contributed by atoms with E-state index in [1.807, 2.05) is 27.7 Å². The summed E-state index contributed by atoms with van der Waals surface area (Å²) in [6.07, 6.45) is -0.806. The summed E-state index contributed by atoms with van der Waals surface area (Å²) in [7, 11) is 0. The highest BCUT2D eigenvalue weighted by Crippen LogP contribution is 2.18. The van der Waals surface area contributed by atoms with Crippen molar-refractivity contribution in [2.75, 3.05) is 6.54 Å². The third-order valence-electron chi connectivity index (χ3n) is 2.34. The summed E-state index contributed by atoms with van der Waals surface area (Å²) in [4.78, 5) is 0. The fraction of sp³-hybridized carbons (Fsp3) is 0.538. The maximum absolute atomic E-state index is 13.5. The Morgan fingerprint density at radius 3 is 2.56 bits per heavy atom. The molecule has 1 aromatic carbocycles. The largest absolute Gasteiger partial charge is 0.387 e. The van der Waals surface area contributed by atoms with E-state index >= 15 is 0 Å². The Labute approximate surface area is 96.5 Å². The van der Waals surface area contributed by atoms with Gasteiger partial charge in [-0.15, -0.1) is 0 Å². The van der Waals surface area contributed by atoms with Gasteiger partial charge in [-0.2, -0.15) is 0 Å². The number of aryl methyl sites for hydroxylation is 1. The smallest absolute Gasteiger partial charge is 0.129 e. The minimum Gasteiger partial charge on any atom is -0.387 e. The van der Waals surface area contributed by atoms with Gasteiger partial charge in [0.1, 0.15) is 5.82 Å². The van der Waals surface area contributed by atoms with Crippen molar-refractivity contribution < 1.29 is 9.50 Å². The molecule has 0 aliphatic heterocycles. The molecule has 1 aromatic rings. The van der Waals surface area contributed by atoms with Gasteiger partial charge in [-0.3, -0.25) is 0 Å². The molecule has 0 heterocycles. The van der Waals surface area contributed by atoms with Crippen molar-refractivity contribution in [2.45, 2.75) is 39.3 Å². The third kappa shape index (κ3) is 3.91. The van der Waals surface area contributed by atoms with E-state index in [0.29, 0.717) is 12.1 Å². The van der Waals surface area contributed by atoms with Gasteiger partial charge in [0.05, 0.1) is 6.10 Å². The Balaban J connectivity index is 2.73. The van der Waals surface area contributed by atoms with E-state index in [2.05, 4.69) is 5.32 Å². The predicted octanol–water partition coefficient (Wildman–Crippen LogP) is 2.56. The molecule has 0 spiro atoms. The van der Waals surface area contributed by atoms with Crippen molar-refractivity contribution in [1.29, 1.82) is 0 Å². The van der Waals surface area contributed by atoms with E-state index < -0.39 is 6.10 Å². The number of hydrogen-bond donors (Lipinski definition) is 2. The van der Waals surface area contributed by atoms with Gasteiger partial charge in [-0.25, -0.2) is 4.39 Å². The zero-order chi connectivity index (χ0) is 12.3. The van der Waals surface area contributed by atoms with Crippen LogP contribution >= 0.6 is 0 Å². The fourth-order valence-corrected chi connectivity index (χ4v) is 1.43. The minimum absolute atomic E-state index is 0.0821. The summed E-state index contributed by atoms with van der Waals surface area (Å²) >= 11 is 0. The van der Waals surface area contributed by atoms with Gasteiger partial charge in [0.15, 0.2) is 0 Å². The number of β-amino-alcohol motifs (C(OH)–C–C–N with tert-alkyl or cyclic N) is 1. The first kappa shape index (κ1) is 13.1. The molecular formula is C13H20FNO. The molecule has 2 nitrogen and oxygen atoms in total. The molecule has 0 radical (unpaired) electrons. The highest BCUT2D eigenvalue weighted by molar-refractivity contribution is 5.26. The second kappa shape index (κ2) is 4.93. The SMILES string of the molecule is Cc1ccc(F)c(C(O)CNC(C)(C)C)c1. The lowest BCUT2D eigenvalue weighted by atomic mass is 10.0. The van der Waals surface area contributed by atoms with Gasteiger partial charge in [0.25, 0.3) is 0 Å². The van der Waals surface area contributed by atoms with Crippen LogP contribution in [0.15, 0.2) is 18.2 Å². The molecule has 0 saturated carbocycles. The number of benzene rings is 1. The van der Waals surface area contributed by atoms with Gasteiger partial charge in [-0.05, 0) is 33.8 Å². The highest BCUT2D eigenvalue weighted by atomic mass is 19.1. The lowest BCUT2D eigenvalue weighted by Crippen LogP contribution is -2.38. The van der Waals surface area contributed by atoms with Crippen LogP contribution in [0.25, 0.3) is 0 Å². The van der Waals surface area contributed by atoms with Crippen molar-refractivity contribution in [3.05, 3.63) is 35.1 Å². The summed E-state index contributed by atoms with van der Waals surface area (Å²) in [5.74, 6) is -0.353. The molecule has 0 saturated heterocycles. The monoisotopic (exact) mass is 225 g/mol. The summed E-state index contributed by atoms with van der Waals surface area (Å²) in [6.45, 7) is 8.25. The van der Waals surface area contributed by atoms with Crippen molar-refractivity contribution in [3.8, 4) is 0 Å². The molecule has 0 aliphatic carbocycles. The van der Waals surface area contributed by atoms with Crippen molar-refractivity contribution in [2.24, 2.45) is 0 Å². The Kier molecular flexibility index (Phi) is 4.05. The first-order valence-corrected chi connectivity index (χ1v) is 5.49. The summed E-state index contributed by atoms with van der Waals surface area (Å²) < 4.78 is 13.5. The standard InChI is InChI=1S/C13H20FNO/c1-9-5-6-11(14)10(7-9)12(16)8-15-13(2,3)4/h5-7,12,15-16H,8H2,1-4H3. The van der Waals surface area contributed by atoms with E-state index in [-0.39, 0.29) is 11.4 Å². The highest BCUT2D eigenvalue weighted by Gasteiger charge is 2.16. The predicted molar refractivity (Wildman–Crippen MR) is 63.9 cm³/mol. The summed E-state index contributed by atoms with van der Waals surface area (Å²) in [5, 5.41) is 13.0. The molecule has 0 fully saturated rings. The van der Waals surface area contributed by atoms with E-state index in [1.165, 1.54) is 6.07 Å². The maximum atomic E-state index is 13.5. The molecule has 90 valence electrons. The van der Waals surface area contributed by atoms with Crippen LogP contribution in [0.1, 0.15) is 38.0 Å². The molecule has 3 heteroatoms. The Morgan fingerprint density at radius 1 is 1.38 bits per heavy atom. The van der Waals surface area contributed by atoms with Crippen LogP contribution in [0.5, 0.6) is 0 Å². The molecular weight excluding hydrogens is 205 g/mol. The molecule has 1 rings (SSSR count). The molecule has 16 heavy (non-hydrogen) atoms. The lowest BCUT2D eigenvalue weighted by Gasteiger charge is -2.23. The van der Waals surface area contributed by atoms with E-state index in [9.17, 15) is 9.50 Å². The maximum Gasteiger partial charge on any atom is 0.129 e. The molecule has 0 aliphatic rings. The first-order valence-electron chi connectivity index (χ1n) is 5.49. The number of aliphatic hydroxyl groups excluding tert-OH is 1. The zero-order valence-corrected chi connectivity index (χ0v) is 10.3. The van der Waals surface area contributed by atoms with E-state index in [0.717, 1.165) is 5.56 Å². The van der Waals surface area contributed by atoms with Gasteiger partial charge in [0.2, 0.25) is 0 Å². The number of aliphatic hydroxyl groups is 1. The minimum atomic E-state index is -0.806. The Hall–Kier alpha value is -0.930. The lowest BCUT2D eigenvalue weighted by molar-refractivity contribution is 0.159. The topological polar surface area (TPSA) is 32.3 Å². The van der Waals surface area contributed by atoms with E-state index in [4.69, 9.17) is 0 Å². The summed E-state index contributed by atoms with van der Waals surface area (Å²) in [5.41, 5.74) is 1.23. The molecule has 0 aromatic heterocycles. The van der Waals surface area contributed by atoms with Crippen LogP contribution in [-0.4, -0.2) is 17.2 Å². The fourth-order valence-electron chi connectivity index (χ4n) is 1.43. The number of hydrogen-bond acceptors (Lipinski definition) is 2. The zero-order valence-electron chi connectivity index (χ0n) is 10.3. The van der Waals surface area contributed by atoms with Crippen LogP contribution in [0, 0.1) is 12.7 Å². The van der Waals surface area contributed by atoms with Crippen LogP contribution in [0.4, 0.5) is 4.39 Å². The van der Waals surface area contributed by atoms with Gasteiger partial charge in [0, 0.05) is 17.6 Å². The molecule has 0 amide bonds. The van der Waals surface area contributed by atoms with Gasteiger partial charge < -0.3 is 10.4 Å². The average Bonchev–Trinajstić information content (AvgIpc) is 2.17. The second-order valence-electron chi connectivity index (χ2n) is 5.17. The average molecular weight is 225 g/mol. The van der Waals surface area contributed by atoms with Crippen LogP contribution < -0.4 is 5.32 Å². The quantitative estimate of drug-likeness (QED) is 0.828. The van der Waals surface area contributed by atoms with Gasteiger partial charge in [-0.1, -0.05) is 17.7 Å². The Bertz CT molecular complexity index is 357. The van der Waals surface area contributed by atoms with Crippen molar-refractivity contribution in [3.63, 3.8) is 0 Å². The number of nitrogens with one attached hydrogen (secondary N) is 1. The van der Waals surface area contributed by atoms with Crippen LogP contribution in [0.3, 0.4) is 0 Å². The second-order valence-corrected chi connectivity index (χ2v) is 5.17. The molecule has 1 atom stereocenters. The van der Waals surface area contributed by atoms with Crippen LogP contribution in [-0.2, 0) is 0 Å².